The van der Waals surface area contributed by atoms with Crippen molar-refractivity contribution in [3.63, 3.8) is 0 Å². The minimum atomic E-state index is -2.32. The number of unbranched alkanes of at least 4 members (excludes halogenated alkanes) is 1. The Hall–Kier alpha value is -0.440. The Morgan fingerprint density at radius 1 is 1.82 bits per heavy atom. The average Bonchev–Trinajstić information content (AvgIpc) is 1.97. The molecule has 0 aliphatic rings. The Morgan fingerprint density at radius 3 is 2.82 bits per heavy atom. The number of hydrogen-bond acceptors (Lipinski definition) is 3. The minimum Gasteiger partial charge on any atom is -0.284 e. The van der Waals surface area contributed by atoms with E-state index < -0.39 is 17.5 Å². The van der Waals surface area contributed by atoms with Gasteiger partial charge in [-0.15, -0.1) is 0 Å². The van der Waals surface area contributed by atoms with Crippen molar-refractivity contribution in [1.29, 1.82) is 5.26 Å². The number of hydrogen-bond donors (Lipinski definition) is 1. The molecule has 0 aliphatic heterocycles. The second-order valence-electron chi connectivity index (χ2n) is 2.07. The summed E-state index contributed by atoms with van der Waals surface area (Å²) in [5.41, 5.74) is 0. The van der Waals surface area contributed by atoms with Crippen LogP contribution in [0.1, 0.15) is 26.2 Å². The molecular formula is C6H11NO3S. The lowest BCUT2D eigenvalue weighted by Crippen LogP contribution is -2.11. The van der Waals surface area contributed by atoms with Crippen molar-refractivity contribution in [1.82, 2.24) is 0 Å². The van der Waals surface area contributed by atoms with Crippen molar-refractivity contribution in [2.75, 3.05) is 0 Å². The summed E-state index contributed by atoms with van der Waals surface area (Å²) >= 11 is -2.32. The molecule has 0 saturated heterocycles. The van der Waals surface area contributed by atoms with Gasteiger partial charge in [-0.3, -0.25) is 4.55 Å². The van der Waals surface area contributed by atoms with Gasteiger partial charge in [-0.05, 0) is 6.42 Å². The molecule has 0 bridgehead atoms. The first-order valence-electron chi connectivity index (χ1n) is 3.38. The summed E-state index contributed by atoms with van der Waals surface area (Å²) in [6, 6.07) is 1.79. The summed E-state index contributed by atoms with van der Waals surface area (Å²) in [5.74, 6) is 0. The Bertz CT molecular complexity index is 166. The van der Waals surface area contributed by atoms with Crippen molar-refractivity contribution >= 4 is 11.4 Å². The third kappa shape index (κ3) is 5.98. The lowest BCUT2D eigenvalue weighted by atomic mass is 10.2. The van der Waals surface area contributed by atoms with E-state index in [-0.39, 0.29) is 0 Å². The molecule has 2 unspecified atom stereocenters. The summed E-state index contributed by atoms with van der Waals surface area (Å²) in [6.07, 6.45) is 1.54. The lowest BCUT2D eigenvalue weighted by molar-refractivity contribution is 0.240. The summed E-state index contributed by atoms with van der Waals surface area (Å²) in [6.45, 7) is 1.98. The Balaban J connectivity index is 3.60. The molecule has 4 nitrogen and oxygen atoms in total. The van der Waals surface area contributed by atoms with E-state index in [0.717, 1.165) is 12.8 Å². The molecule has 0 spiro atoms. The van der Waals surface area contributed by atoms with Gasteiger partial charge in [0.1, 0.15) is 0 Å². The van der Waals surface area contributed by atoms with Crippen LogP contribution in [0.3, 0.4) is 0 Å². The number of rotatable bonds is 5. The molecule has 1 N–H and O–H groups in total. The first-order valence-corrected chi connectivity index (χ1v) is 4.41. The molecule has 11 heavy (non-hydrogen) atoms. The zero-order valence-corrected chi connectivity index (χ0v) is 7.13. The van der Waals surface area contributed by atoms with Crippen LogP contribution >= 0.6 is 0 Å². The Labute approximate surface area is 68.7 Å². The van der Waals surface area contributed by atoms with Gasteiger partial charge in [-0.1, -0.05) is 19.8 Å². The maximum atomic E-state index is 10.1. The van der Waals surface area contributed by atoms with Crippen LogP contribution in [0.2, 0.25) is 0 Å². The second-order valence-corrected chi connectivity index (χ2v) is 2.70. The van der Waals surface area contributed by atoms with E-state index in [4.69, 9.17) is 9.81 Å². The van der Waals surface area contributed by atoms with Crippen LogP contribution in [0.25, 0.3) is 0 Å². The van der Waals surface area contributed by atoms with E-state index in [1.807, 2.05) is 6.92 Å². The number of nitrogens with zero attached hydrogens (tertiary/aromatic N) is 1. The van der Waals surface area contributed by atoms with E-state index in [1.54, 1.807) is 6.07 Å². The largest absolute Gasteiger partial charge is 0.303 e. The van der Waals surface area contributed by atoms with Crippen molar-refractivity contribution in [3.8, 4) is 6.07 Å². The quantitative estimate of drug-likeness (QED) is 0.641. The molecule has 0 aliphatic carbocycles. The second kappa shape index (κ2) is 6.28. The maximum absolute atomic E-state index is 10.1. The first-order chi connectivity index (χ1) is 5.20. The summed E-state index contributed by atoms with van der Waals surface area (Å²) in [7, 11) is 0. The first kappa shape index (κ1) is 10.6. The molecule has 0 aromatic carbocycles. The fourth-order valence-electron chi connectivity index (χ4n) is 0.623. The topological polar surface area (TPSA) is 70.3 Å². The smallest absolute Gasteiger partial charge is 0.284 e. The highest BCUT2D eigenvalue weighted by Gasteiger charge is 2.09. The fraction of sp³-hybridized carbons (Fsp3) is 0.833. The normalized spacial score (nSPS) is 15.4. The highest BCUT2D eigenvalue weighted by molar-refractivity contribution is 7.74. The van der Waals surface area contributed by atoms with Crippen LogP contribution in [0.15, 0.2) is 0 Å². The van der Waals surface area contributed by atoms with Gasteiger partial charge in [-0.2, -0.15) is 9.47 Å². The SMILES string of the molecule is CCCCC(C#N)OS(=O)O. The van der Waals surface area contributed by atoms with Crippen LogP contribution in [0.4, 0.5) is 0 Å². The van der Waals surface area contributed by atoms with Crippen molar-refractivity contribution < 1.29 is 12.9 Å². The molecule has 0 amide bonds. The highest BCUT2D eigenvalue weighted by Crippen LogP contribution is 2.04. The molecular weight excluding hydrogens is 166 g/mol. The molecule has 0 radical (unpaired) electrons. The molecule has 0 fully saturated rings. The van der Waals surface area contributed by atoms with E-state index in [1.165, 1.54) is 0 Å². The molecule has 0 saturated carbocycles. The maximum Gasteiger partial charge on any atom is 0.303 e. The van der Waals surface area contributed by atoms with Gasteiger partial charge in [0.2, 0.25) is 0 Å². The van der Waals surface area contributed by atoms with Crippen molar-refractivity contribution in [2.24, 2.45) is 0 Å². The lowest BCUT2D eigenvalue weighted by Gasteiger charge is -2.04. The zero-order chi connectivity index (χ0) is 8.69. The average molecular weight is 177 g/mol. The van der Waals surface area contributed by atoms with Crippen LogP contribution in [-0.4, -0.2) is 14.9 Å². The van der Waals surface area contributed by atoms with Gasteiger partial charge in [0.15, 0.2) is 6.10 Å². The predicted octanol–water partition coefficient (Wildman–Crippen LogP) is 1.22. The van der Waals surface area contributed by atoms with Gasteiger partial charge >= 0.3 is 11.4 Å². The summed E-state index contributed by atoms with van der Waals surface area (Å²) in [5, 5.41) is 8.38. The fourth-order valence-corrected chi connectivity index (χ4v) is 0.961. The number of nitriles is 1. The van der Waals surface area contributed by atoms with E-state index in [0.29, 0.717) is 6.42 Å². The van der Waals surface area contributed by atoms with Crippen LogP contribution in [-0.2, 0) is 15.5 Å². The standard InChI is InChI=1S/C6H11NO3S/c1-2-3-4-6(5-7)10-11(8)9/h6H,2-4H2,1H3,(H,8,9). The van der Waals surface area contributed by atoms with Gasteiger partial charge < -0.3 is 0 Å². The molecule has 0 aromatic rings. The summed E-state index contributed by atoms with van der Waals surface area (Å²) < 4.78 is 22.7. The zero-order valence-electron chi connectivity index (χ0n) is 6.32. The Kier molecular flexibility index (Phi) is 6.03. The molecule has 0 aromatic heterocycles. The van der Waals surface area contributed by atoms with Crippen molar-refractivity contribution in [3.05, 3.63) is 0 Å². The molecule has 0 heterocycles. The Morgan fingerprint density at radius 2 is 2.45 bits per heavy atom. The summed E-state index contributed by atoms with van der Waals surface area (Å²) in [4.78, 5) is 0. The predicted molar refractivity (Wildman–Crippen MR) is 40.8 cm³/mol. The van der Waals surface area contributed by atoms with Crippen LogP contribution in [0, 0.1) is 11.3 Å². The van der Waals surface area contributed by atoms with E-state index in [9.17, 15) is 4.21 Å². The molecule has 0 rings (SSSR count). The van der Waals surface area contributed by atoms with Crippen LogP contribution in [0.5, 0.6) is 0 Å². The van der Waals surface area contributed by atoms with Gasteiger partial charge in [0, 0.05) is 0 Å². The van der Waals surface area contributed by atoms with E-state index in [2.05, 4.69) is 4.18 Å². The third-order valence-electron chi connectivity index (χ3n) is 1.16. The van der Waals surface area contributed by atoms with Crippen LogP contribution < -0.4 is 0 Å². The van der Waals surface area contributed by atoms with Gasteiger partial charge in [0.05, 0.1) is 6.07 Å². The van der Waals surface area contributed by atoms with Gasteiger partial charge in [0.25, 0.3) is 0 Å². The van der Waals surface area contributed by atoms with E-state index >= 15 is 0 Å². The molecule has 5 heteroatoms. The monoisotopic (exact) mass is 177 g/mol. The minimum absolute atomic E-state index is 0.513. The van der Waals surface area contributed by atoms with Gasteiger partial charge in [-0.25, -0.2) is 4.18 Å². The highest BCUT2D eigenvalue weighted by atomic mass is 32.2. The molecule has 64 valence electrons. The molecule has 2 atom stereocenters. The third-order valence-corrected chi connectivity index (χ3v) is 1.56. The van der Waals surface area contributed by atoms with Crippen molar-refractivity contribution in [2.45, 2.75) is 32.3 Å².